The molecule has 1 aromatic carbocycles. The van der Waals surface area contributed by atoms with E-state index in [1.807, 2.05) is 0 Å². The van der Waals surface area contributed by atoms with Crippen LogP contribution in [0.15, 0.2) is 24.3 Å². The quantitative estimate of drug-likeness (QED) is 0.559. The number of carbonyl (C=O) groups excluding carboxylic acids is 2. The molecule has 7 heteroatoms. The molecular formula is C22H26N2O5. The molecular weight excluding hydrogens is 372 g/mol. The first-order chi connectivity index (χ1) is 13.9. The molecule has 0 spiro atoms. The van der Waals surface area contributed by atoms with Crippen molar-refractivity contribution < 1.29 is 23.8 Å². The average molecular weight is 398 g/mol. The van der Waals surface area contributed by atoms with E-state index in [0.29, 0.717) is 37.6 Å². The van der Waals surface area contributed by atoms with Gasteiger partial charge in [-0.3, -0.25) is 4.79 Å². The van der Waals surface area contributed by atoms with Gasteiger partial charge < -0.3 is 19.1 Å². The third-order valence-corrected chi connectivity index (χ3v) is 5.48. The maximum absolute atomic E-state index is 12.7. The molecule has 0 N–H and O–H groups in total. The van der Waals surface area contributed by atoms with Crippen molar-refractivity contribution in [1.82, 2.24) is 4.90 Å². The van der Waals surface area contributed by atoms with Crippen molar-refractivity contribution in [1.29, 1.82) is 5.26 Å². The molecule has 7 nitrogen and oxygen atoms in total. The topological polar surface area (TPSA) is 88.9 Å². The van der Waals surface area contributed by atoms with Crippen LogP contribution in [0.2, 0.25) is 0 Å². The lowest BCUT2D eigenvalue weighted by molar-refractivity contribution is -0.157. The van der Waals surface area contributed by atoms with Gasteiger partial charge in [-0.05, 0) is 43.5 Å². The van der Waals surface area contributed by atoms with Gasteiger partial charge in [0.1, 0.15) is 18.8 Å². The summed E-state index contributed by atoms with van der Waals surface area (Å²) >= 11 is 0. The Balaban J connectivity index is 1.59. The average Bonchev–Trinajstić information content (AvgIpc) is 2.76. The summed E-state index contributed by atoms with van der Waals surface area (Å²) in [5, 5.41) is 9.64. The summed E-state index contributed by atoms with van der Waals surface area (Å²) in [5.74, 6) is 0.317. The predicted molar refractivity (Wildman–Crippen MR) is 106 cm³/mol. The first kappa shape index (κ1) is 20.7. The van der Waals surface area contributed by atoms with Crippen LogP contribution >= 0.6 is 0 Å². The Hall–Kier alpha value is -3.01. The minimum atomic E-state index is -0.968. The van der Waals surface area contributed by atoms with Crippen molar-refractivity contribution in [3.63, 3.8) is 0 Å². The van der Waals surface area contributed by atoms with Crippen LogP contribution in [-0.2, 0) is 14.3 Å². The maximum atomic E-state index is 12.7. The lowest BCUT2D eigenvalue weighted by Gasteiger charge is -2.39. The van der Waals surface area contributed by atoms with Gasteiger partial charge in [-0.25, -0.2) is 4.79 Å². The molecule has 3 rings (SSSR count). The molecule has 1 amide bonds. The van der Waals surface area contributed by atoms with E-state index in [2.05, 4.69) is 6.07 Å². The minimum Gasteiger partial charge on any atom is -0.486 e. The highest BCUT2D eigenvalue weighted by Crippen LogP contribution is 2.33. The molecule has 1 saturated carbocycles. The maximum Gasteiger partial charge on any atom is 0.331 e. The highest BCUT2D eigenvalue weighted by Gasteiger charge is 2.40. The Morgan fingerprint density at radius 2 is 1.90 bits per heavy atom. The molecule has 1 aromatic rings. The zero-order chi connectivity index (χ0) is 20.9. The second-order valence-electron chi connectivity index (χ2n) is 7.42. The molecule has 1 aliphatic heterocycles. The fraction of sp³-hybridized carbons (Fsp3) is 0.500. The number of amides is 1. The van der Waals surface area contributed by atoms with Gasteiger partial charge in [0.25, 0.3) is 5.91 Å². The largest absolute Gasteiger partial charge is 0.486 e. The number of rotatable bonds is 5. The van der Waals surface area contributed by atoms with Crippen LogP contribution in [0.4, 0.5) is 0 Å². The van der Waals surface area contributed by atoms with Gasteiger partial charge >= 0.3 is 5.97 Å². The Bertz CT molecular complexity index is 836. The molecule has 1 atom stereocenters. The molecule has 0 aromatic heterocycles. The van der Waals surface area contributed by atoms with E-state index in [1.165, 1.54) is 17.9 Å². The zero-order valence-corrected chi connectivity index (χ0v) is 16.8. The SMILES string of the molecule is C[C@@H](OC(=O)/C=C/c1ccc2c(c1)OCCO2)C(=O)N(C)C1(C#N)CCCCC1. The van der Waals surface area contributed by atoms with E-state index in [0.717, 1.165) is 24.8 Å². The molecule has 0 bridgehead atoms. The second kappa shape index (κ2) is 8.99. The van der Waals surface area contributed by atoms with E-state index in [4.69, 9.17) is 14.2 Å². The van der Waals surface area contributed by atoms with E-state index < -0.39 is 17.6 Å². The van der Waals surface area contributed by atoms with Crippen molar-refractivity contribution in [3.8, 4) is 17.6 Å². The third-order valence-electron chi connectivity index (χ3n) is 5.48. The zero-order valence-electron chi connectivity index (χ0n) is 16.8. The number of likely N-dealkylation sites (N-methyl/N-ethyl adjacent to an activating group) is 1. The Morgan fingerprint density at radius 1 is 1.21 bits per heavy atom. The number of hydrogen-bond acceptors (Lipinski definition) is 6. The Morgan fingerprint density at radius 3 is 2.59 bits per heavy atom. The van der Waals surface area contributed by atoms with Crippen molar-refractivity contribution in [2.45, 2.75) is 50.7 Å². The number of ether oxygens (including phenoxy) is 3. The summed E-state index contributed by atoms with van der Waals surface area (Å²) in [5.41, 5.74) is -0.0511. The molecule has 0 unspecified atom stereocenters. The van der Waals surface area contributed by atoms with Crippen LogP contribution < -0.4 is 9.47 Å². The number of carbonyl (C=O) groups is 2. The summed E-state index contributed by atoms with van der Waals surface area (Å²) in [6.07, 6.45) is 6.10. The number of nitriles is 1. The van der Waals surface area contributed by atoms with Crippen molar-refractivity contribution >= 4 is 18.0 Å². The highest BCUT2D eigenvalue weighted by atomic mass is 16.6. The van der Waals surface area contributed by atoms with Gasteiger partial charge in [0.15, 0.2) is 17.6 Å². The van der Waals surface area contributed by atoms with Crippen LogP contribution in [0.5, 0.6) is 11.5 Å². The normalized spacial score (nSPS) is 18.5. The molecule has 154 valence electrons. The van der Waals surface area contributed by atoms with E-state index >= 15 is 0 Å². The van der Waals surface area contributed by atoms with Gasteiger partial charge in [-0.1, -0.05) is 25.3 Å². The summed E-state index contributed by atoms with van der Waals surface area (Å²) in [6.45, 7) is 2.53. The molecule has 2 aliphatic rings. The van der Waals surface area contributed by atoms with Crippen molar-refractivity contribution in [2.75, 3.05) is 20.3 Å². The molecule has 1 aliphatic carbocycles. The molecule has 29 heavy (non-hydrogen) atoms. The van der Waals surface area contributed by atoms with E-state index in [-0.39, 0.29) is 5.91 Å². The summed E-state index contributed by atoms with van der Waals surface area (Å²) < 4.78 is 16.3. The predicted octanol–water partition coefficient (Wildman–Crippen LogP) is 3.09. The number of fused-ring (bicyclic) bond motifs is 1. The monoisotopic (exact) mass is 398 g/mol. The van der Waals surface area contributed by atoms with E-state index in [1.54, 1.807) is 31.3 Å². The van der Waals surface area contributed by atoms with Gasteiger partial charge in [-0.15, -0.1) is 0 Å². The highest BCUT2D eigenvalue weighted by molar-refractivity contribution is 5.90. The molecule has 0 saturated heterocycles. The van der Waals surface area contributed by atoms with Gasteiger partial charge in [0, 0.05) is 13.1 Å². The third kappa shape index (κ3) is 4.70. The Kier molecular flexibility index (Phi) is 6.42. The van der Waals surface area contributed by atoms with Gasteiger partial charge in [0.2, 0.25) is 0 Å². The lowest BCUT2D eigenvalue weighted by Crippen LogP contribution is -2.53. The number of esters is 1. The molecule has 1 heterocycles. The molecule has 1 fully saturated rings. The smallest absolute Gasteiger partial charge is 0.331 e. The molecule has 0 radical (unpaired) electrons. The summed E-state index contributed by atoms with van der Waals surface area (Å²) in [7, 11) is 1.62. The van der Waals surface area contributed by atoms with Crippen LogP contribution in [0, 0.1) is 11.3 Å². The lowest BCUT2D eigenvalue weighted by atomic mass is 9.81. The second-order valence-corrected chi connectivity index (χ2v) is 7.42. The van der Waals surface area contributed by atoms with Crippen LogP contribution in [0.3, 0.4) is 0 Å². The van der Waals surface area contributed by atoms with Crippen LogP contribution in [0.1, 0.15) is 44.6 Å². The fourth-order valence-corrected chi connectivity index (χ4v) is 3.73. The summed E-state index contributed by atoms with van der Waals surface area (Å²) in [6, 6.07) is 7.67. The fourth-order valence-electron chi connectivity index (χ4n) is 3.73. The first-order valence-corrected chi connectivity index (χ1v) is 9.92. The van der Waals surface area contributed by atoms with Crippen LogP contribution in [0.25, 0.3) is 6.08 Å². The van der Waals surface area contributed by atoms with Crippen molar-refractivity contribution in [3.05, 3.63) is 29.8 Å². The minimum absolute atomic E-state index is 0.366. The number of benzene rings is 1. The van der Waals surface area contributed by atoms with Crippen molar-refractivity contribution in [2.24, 2.45) is 0 Å². The van der Waals surface area contributed by atoms with Gasteiger partial charge in [-0.2, -0.15) is 5.26 Å². The summed E-state index contributed by atoms with van der Waals surface area (Å²) in [4.78, 5) is 26.3. The van der Waals surface area contributed by atoms with E-state index in [9.17, 15) is 14.9 Å². The van der Waals surface area contributed by atoms with Gasteiger partial charge in [0.05, 0.1) is 6.07 Å². The number of nitrogens with zero attached hydrogens (tertiary/aromatic N) is 2. The van der Waals surface area contributed by atoms with Crippen LogP contribution in [-0.4, -0.2) is 48.7 Å². The standard InChI is InChI=1S/C22H26N2O5/c1-16(21(26)24(2)22(15-23)10-4-3-5-11-22)29-20(25)9-7-17-6-8-18-19(14-17)28-13-12-27-18/h6-9,14,16H,3-5,10-13H2,1-2H3/b9-7+/t16-/m1/s1. The number of hydrogen-bond donors (Lipinski definition) is 0. The first-order valence-electron chi connectivity index (χ1n) is 9.92. The Labute approximate surface area is 170 Å².